The first-order valence-electron chi connectivity index (χ1n) is 8.19. The number of benzene rings is 3. The summed E-state index contributed by atoms with van der Waals surface area (Å²) in [4.78, 5) is 12.2. The van der Waals surface area contributed by atoms with E-state index in [-0.39, 0.29) is 18.6 Å². The molecule has 3 nitrogen and oxygen atoms in total. The Balaban J connectivity index is 1.65. The zero-order valence-electron chi connectivity index (χ0n) is 13.5. The van der Waals surface area contributed by atoms with Gasteiger partial charge in [-0.05, 0) is 34.4 Å². The molecule has 1 amide bonds. The molecule has 24 heavy (non-hydrogen) atoms. The monoisotopic (exact) mass is 319 g/mol. The summed E-state index contributed by atoms with van der Waals surface area (Å²) in [5, 5.41) is 14.9. The molecule has 2 N–H and O–H groups in total. The molecule has 0 spiro atoms. The number of aliphatic hydroxyl groups is 1. The normalized spacial score (nSPS) is 12.0. The van der Waals surface area contributed by atoms with Crippen LogP contribution < -0.4 is 5.32 Å². The Morgan fingerprint density at radius 3 is 2.38 bits per heavy atom. The molecule has 0 aromatic heterocycles. The quantitative estimate of drug-likeness (QED) is 0.729. The first kappa shape index (κ1) is 16.2. The third-order valence-electron chi connectivity index (χ3n) is 4.18. The second-order valence-corrected chi connectivity index (χ2v) is 5.89. The molecule has 0 bridgehead atoms. The maximum absolute atomic E-state index is 12.2. The summed E-state index contributed by atoms with van der Waals surface area (Å²) in [5.41, 5.74) is 2.06. The fourth-order valence-corrected chi connectivity index (χ4v) is 2.83. The number of aryl methyl sites for hydroxylation is 1. The molecule has 0 saturated carbocycles. The fraction of sp³-hybridized carbons (Fsp3) is 0.190. The van der Waals surface area contributed by atoms with Crippen molar-refractivity contribution >= 4 is 16.7 Å². The van der Waals surface area contributed by atoms with E-state index in [9.17, 15) is 9.90 Å². The maximum Gasteiger partial charge on any atom is 0.220 e. The van der Waals surface area contributed by atoms with Crippen LogP contribution in [0.4, 0.5) is 0 Å². The van der Waals surface area contributed by atoms with Crippen LogP contribution in [0, 0.1) is 0 Å². The molecule has 1 unspecified atom stereocenters. The molecule has 3 aromatic rings. The highest BCUT2D eigenvalue weighted by molar-refractivity contribution is 5.83. The molecule has 0 aliphatic rings. The third-order valence-corrected chi connectivity index (χ3v) is 4.18. The van der Waals surface area contributed by atoms with Gasteiger partial charge in [-0.3, -0.25) is 4.79 Å². The van der Waals surface area contributed by atoms with E-state index in [1.54, 1.807) is 0 Å². The second-order valence-electron chi connectivity index (χ2n) is 5.89. The summed E-state index contributed by atoms with van der Waals surface area (Å²) >= 11 is 0. The second kappa shape index (κ2) is 7.75. The van der Waals surface area contributed by atoms with Crippen LogP contribution in [0.3, 0.4) is 0 Å². The van der Waals surface area contributed by atoms with Gasteiger partial charge in [0.05, 0.1) is 12.6 Å². The highest BCUT2D eigenvalue weighted by Crippen LogP contribution is 2.20. The van der Waals surface area contributed by atoms with E-state index in [4.69, 9.17) is 0 Å². The van der Waals surface area contributed by atoms with Crippen molar-refractivity contribution in [3.05, 3.63) is 83.9 Å². The molecule has 0 aliphatic carbocycles. The topological polar surface area (TPSA) is 49.3 Å². The van der Waals surface area contributed by atoms with Crippen molar-refractivity contribution in [1.29, 1.82) is 0 Å². The number of aliphatic hydroxyl groups excluding tert-OH is 1. The minimum Gasteiger partial charge on any atom is -0.394 e. The first-order chi connectivity index (χ1) is 11.8. The van der Waals surface area contributed by atoms with Gasteiger partial charge in [0.25, 0.3) is 0 Å². The molecular formula is C21H21NO2. The van der Waals surface area contributed by atoms with Gasteiger partial charge in [0.2, 0.25) is 5.91 Å². The van der Waals surface area contributed by atoms with Gasteiger partial charge in [-0.15, -0.1) is 0 Å². The lowest BCUT2D eigenvalue weighted by Gasteiger charge is -2.17. The van der Waals surface area contributed by atoms with E-state index >= 15 is 0 Å². The molecule has 1 atom stereocenters. The summed E-state index contributed by atoms with van der Waals surface area (Å²) in [6, 6.07) is 23.6. The van der Waals surface area contributed by atoms with Crippen LogP contribution in [-0.2, 0) is 11.2 Å². The third kappa shape index (κ3) is 4.00. The number of carbonyl (C=O) groups is 1. The zero-order valence-corrected chi connectivity index (χ0v) is 13.5. The molecule has 0 aliphatic heterocycles. The summed E-state index contributed by atoms with van der Waals surface area (Å²) in [6.07, 6.45) is 1.11. The lowest BCUT2D eigenvalue weighted by Crippen LogP contribution is -2.30. The van der Waals surface area contributed by atoms with E-state index in [0.717, 1.165) is 21.9 Å². The molecule has 0 fully saturated rings. The summed E-state index contributed by atoms with van der Waals surface area (Å²) in [7, 11) is 0. The molecule has 0 heterocycles. The number of hydrogen-bond donors (Lipinski definition) is 2. The number of rotatable bonds is 6. The van der Waals surface area contributed by atoms with Gasteiger partial charge in [0.15, 0.2) is 0 Å². The molecule has 3 heteroatoms. The van der Waals surface area contributed by atoms with Crippen LogP contribution in [0.25, 0.3) is 10.8 Å². The Morgan fingerprint density at radius 1 is 0.917 bits per heavy atom. The van der Waals surface area contributed by atoms with E-state index in [1.165, 1.54) is 0 Å². The van der Waals surface area contributed by atoms with Crippen molar-refractivity contribution in [2.75, 3.05) is 6.61 Å². The van der Waals surface area contributed by atoms with Crippen molar-refractivity contribution in [3.63, 3.8) is 0 Å². The van der Waals surface area contributed by atoms with E-state index in [1.807, 2.05) is 72.8 Å². The van der Waals surface area contributed by atoms with Gasteiger partial charge in [0, 0.05) is 6.42 Å². The Bertz CT molecular complexity index is 814. The highest BCUT2D eigenvalue weighted by Gasteiger charge is 2.14. The summed E-state index contributed by atoms with van der Waals surface area (Å²) in [6.45, 7) is -0.116. The van der Waals surface area contributed by atoms with Crippen molar-refractivity contribution < 1.29 is 9.90 Å². The van der Waals surface area contributed by atoms with Crippen molar-refractivity contribution in [2.24, 2.45) is 0 Å². The molecule has 0 radical (unpaired) electrons. The SMILES string of the molecule is O=C(CCc1ccccc1)NC(CO)c1ccc2ccccc2c1. The van der Waals surface area contributed by atoms with Crippen LogP contribution >= 0.6 is 0 Å². The van der Waals surface area contributed by atoms with Gasteiger partial charge in [-0.2, -0.15) is 0 Å². The number of carbonyl (C=O) groups excluding carboxylic acids is 1. The molecule has 0 saturated heterocycles. The summed E-state index contributed by atoms with van der Waals surface area (Å²) in [5.74, 6) is -0.0499. The van der Waals surface area contributed by atoms with Gasteiger partial charge < -0.3 is 10.4 Å². The average molecular weight is 319 g/mol. The number of nitrogens with one attached hydrogen (secondary N) is 1. The standard InChI is InChI=1S/C21H21NO2/c23-15-20(19-12-11-17-8-4-5-9-18(17)14-19)22-21(24)13-10-16-6-2-1-3-7-16/h1-9,11-12,14,20,23H,10,13,15H2,(H,22,24). The number of fused-ring (bicyclic) bond motifs is 1. The molecular weight excluding hydrogens is 298 g/mol. The minimum atomic E-state index is -0.377. The van der Waals surface area contributed by atoms with Gasteiger partial charge in [-0.25, -0.2) is 0 Å². The van der Waals surface area contributed by atoms with Crippen LogP contribution in [0.15, 0.2) is 72.8 Å². The maximum atomic E-state index is 12.2. The van der Waals surface area contributed by atoms with Crippen LogP contribution in [0.2, 0.25) is 0 Å². The van der Waals surface area contributed by atoms with Crippen LogP contribution in [0.1, 0.15) is 23.6 Å². The predicted molar refractivity (Wildman–Crippen MR) is 96.7 cm³/mol. The Kier molecular flexibility index (Phi) is 5.24. The lowest BCUT2D eigenvalue weighted by atomic mass is 10.0. The average Bonchev–Trinajstić information content (AvgIpc) is 2.65. The predicted octanol–water partition coefficient (Wildman–Crippen LogP) is 3.62. The largest absolute Gasteiger partial charge is 0.394 e. The Labute approximate surface area is 142 Å². The minimum absolute atomic E-state index is 0.0499. The van der Waals surface area contributed by atoms with Crippen molar-refractivity contribution in [3.8, 4) is 0 Å². The first-order valence-corrected chi connectivity index (χ1v) is 8.19. The Hall–Kier alpha value is -2.65. The van der Waals surface area contributed by atoms with Gasteiger partial charge >= 0.3 is 0 Å². The zero-order chi connectivity index (χ0) is 16.8. The number of hydrogen-bond acceptors (Lipinski definition) is 2. The molecule has 3 aromatic carbocycles. The van der Waals surface area contributed by atoms with E-state index in [2.05, 4.69) is 5.32 Å². The van der Waals surface area contributed by atoms with Gasteiger partial charge in [-0.1, -0.05) is 66.7 Å². The highest BCUT2D eigenvalue weighted by atomic mass is 16.3. The van der Waals surface area contributed by atoms with E-state index < -0.39 is 0 Å². The van der Waals surface area contributed by atoms with E-state index in [0.29, 0.717) is 12.8 Å². The van der Waals surface area contributed by atoms with Crippen LogP contribution in [0.5, 0.6) is 0 Å². The number of amides is 1. The van der Waals surface area contributed by atoms with Crippen LogP contribution in [-0.4, -0.2) is 17.6 Å². The molecule has 122 valence electrons. The smallest absolute Gasteiger partial charge is 0.220 e. The fourth-order valence-electron chi connectivity index (χ4n) is 2.83. The Morgan fingerprint density at radius 2 is 1.62 bits per heavy atom. The summed E-state index contributed by atoms with van der Waals surface area (Å²) < 4.78 is 0. The van der Waals surface area contributed by atoms with Gasteiger partial charge in [0.1, 0.15) is 0 Å². The molecule has 3 rings (SSSR count). The lowest BCUT2D eigenvalue weighted by molar-refractivity contribution is -0.122. The van der Waals surface area contributed by atoms with Crippen molar-refractivity contribution in [2.45, 2.75) is 18.9 Å². The van der Waals surface area contributed by atoms with Crippen molar-refractivity contribution in [1.82, 2.24) is 5.32 Å².